The molecule has 3 heterocycles. The predicted molar refractivity (Wildman–Crippen MR) is 433 cm³/mol. The van der Waals surface area contributed by atoms with E-state index in [9.17, 15) is 0 Å². The van der Waals surface area contributed by atoms with Crippen molar-refractivity contribution in [2.75, 3.05) is 14.7 Å². The summed E-state index contributed by atoms with van der Waals surface area (Å²) in [5.41, 5.74) is 37.5. The Morgan fingerprint density at radius 3 is 1.28 bits per heavy atom. The SMILES string of the molecule is Cc1cc2c(cc1N1c3cc4c(cc3B3c5cc6c(cc5N(c5ccc(C(C)(C)C)cc5-c5ccccc5)c5cc(N7c8ccc(-c9ccc(C(C)(C)C)cc9)cc8C8(C)CCCCC78C)cc1c53)C(C)(C)c1ccccc1C6(C)C)C(C)(C)c1ccccc1C4(C)C)C(C)(C)CCC2(C)C. The first-order valence-corrected chi connectivity index (χ1v) is 38.3. The van der Waals surface area contributed by atoms with E-state index in [-0.39, 0.29) is 61.0 Å². The molecule has 1 fully saturated rings. The molecule has 10 aromatic carbocycles. The lowest BCUT2D eigenvalue weighted by molar-refractivity contribution is 0.195. The van der Waals surface area contributed by atoms with Gasteiger partial charge in [-0.2, -0.15) is 0 Å². The largest absolute Gasteiger partial charge is 0.334 e. The molecule has 2 unspecified atom stereocenters. The highest BCUT2D eigenvalue weighted by molar-refractivity contribution is 7.00. The van der Waals surface area contributed by atoms with Crippen molar-refractivity contribution in [3.63, 3.8) is 0 Å². The molecule has 101 heavy (non-hydrogen) atoms. The molecule has 0 saturated heterocycles. The van der Waals surface area contributed by atoms with Gasteiger partial charge >= 0.3 is 0 Å². The van der Waals surface area contributed by atoms with Crippen LogP contribution in [0.3, 0.4) is 0 Å². The quantitative estimate of drug-likeness (QED) is 0.159. The van der Waals surface area contributed by atoms with E-state index in [1.807, 2.05) is 0 Å². The molecular weight excluding hydrogens is 1220 g/mol. The molecule has 2 atom stereocenters. The number of hydrogen-bond acceptors (Lipinski definition) is 3. The van der Waals surface area contributed by atoms with Crippen molar-refractivity contribution < 1.29 is 0 Å². The first-order valence-electron chi connectivity index (χ1n) is 38.3. The third-order valence-electron chi connectivity index (χ3n) is 27.6. The van der Waals surface area contributed by atoms with Crippen LogP contribution in [0.2, 0.25) is 0 Å². The Labute approximate surface area is 606 Å². The molecule has 17 rings (SSSR count). The molecule has 512 valence electrons. The molecule has 0 radical (unpaired) electrons. The maximum absolute atomic E-state index is 2.90. The average Bonchev–Trinajstić information content (AvgIpc) is 1.33. The zero-order valence-electron chi connectivity index (χ0n) is 64.6. The minimum Gasteiger partial charge on any atom is -0.334 e. The Hall–Kier alpha value is -8.34. The molecular formula is C97H106BN3. The van der Waals surface area contributed by atoms with Gasteiger partial charge < -0.3 is 14.7 Å². The van der Waals surface area contributed by atoms with E-state index in [1.165, 1.54) is 175 Å². The van der Waals surface area contributed by atoms with Crippen molar-refractivity contribution in [1.29, 1.82) is 0 Å². The Balaban J connectivity index is 1.05. The zero-order valence-corrected chi connectivity index (χ0v) is 64.6. The molecule has 3 nitrogen and oxygen atoms in total. The number of rotatable bonds is 5. The van der Waals surface area contributed by atoms with Crippen LogP contribution >= 0.6 is 0 Å². The number of fused-ring (bicyclic) bond motifs is 12. The van der Waals surface area contributed by atoms with E-state index >= 15 is 0 Å². The number of anilines is 8. The minimum absolute atomic E-state index is 0.0326. The van der Waals surface area contributed by atoms with E-state index in [0.717, 1.165) is 25.7 Å². The monoisotopic (exact) mass is 1320 g/mol. The summed E-state index contributed by atoms with van der Waals surface area (Å²) in [7, 11) is 0. The average molecular weight is 1320 g/mol. The Kier molecular flexibility index (Phi) is 14.0. The fourth-order valence-electron chi connectivity index (χ4n) is 21.0. The number of hydrogen-bond donors (Lipinski definition) is 0. The lowest BCUT2D eigenvalue weighted by Crippen LogP contribution is -2.62. The second kappa shape index (κ2) is 21.4. The number of nitrogens with zero attached hydrogens (tertiary/aromatic N) is 3. The van der Waals surface area contributed by atoms with Crippen LogP contribution in [0.4, 0.5) is 45.5 Å². The van der Waals surface area contributed by atoms with Gasteiger partial charge in [-0.25, -0.2) is 0 Å². The van der Waals surface area contributed by atoms with Crippen LogP contribution in [-0.4, -0.2) is 12.3 Å². The van der Waals surface area contributed by atoms with Gasteiger partial charge in [0.2, 0.25) is 0 Å². The topological polar surface area (TPSA) is 9.72 Å². The molecule has 0 bridgehead atoms. The molecule has 0 spiro atoms. The Morgan fingerprint density at radius 1 is 0.327 bits per heavy atom. The standard InChI is InChI=1S/C97H106BN3/c1-59-49-71-72(91(10,11)48-47-90(71,8)9)56-82(59)100-84-58-76-74(93(14,15)68-34-26-28-36-70(68)95(76,18)19)55-79(84)98-78-54-73-75(94(16,17)69-35-27-25-33-67(69)92(73,12)13)57-83(78)99(80-44-42-64(89(5,6)7)51-66(80)61-31-23-22-24-32-61)85-52-65(53-86(100)87(85)98)101-81-43-39-62(60-37-40-63(41-38-60)88(2,3)4)50-77(81)96(20)45-29-30-46-97(96,101)21/h22-28,31-44,49-58H,29-30,45-48H2,1-21H3. The molecule has 3 aliphatic heterocycles. The van der Waals surface area contributed by atoms with Gasteiger partial charge in [-0.3, -0.25) is 0 Å². The van der Waals surface area contributed by atoms with Gasteiger partial charge in [0.05, 0.1) is 11.2 Å². The molecule has 4 aliphatic carbocycles. The summed E-state index contributed by atoms with van der Waals surface area (Å²) in [6.07, 6.45) is 6.89. The van der Waals surface area contributed by atoms with Gasteiger partial charge in [0.1, 0.15) is 0 Å². The van der Waals surface area contributed by atoms with Gasteiger partial charge in [0.15, 0.2) is 0 Å². The van der Waals surface area contributed by atoms with E-state index in [1.54, 1.807) is 0 Å². The third-order valence-corrected chi connectivity index (χ3v) is 27.6. The van der Waals surface area contributed by atoms with Crippen LogP contribution in [0.15, 0.2) is 188 Å². The molecule has 4 heteroatoms. The summed E-state index contributed by atoms with van der Waals surface area (Å²) in [6, 6.07) is 76.5. The van der Waals surface area contributed by atoms with Gasteiger partial charge in [-0.1, -0.05) is 278 Å². The first-order chi connectivity index (χ1) is 47.5. The maximum atomic E-state index is 2.90. The lowest BCUT2D eigenvalue weighted by atomic mass is 9.32. The molecule has 10 aromatic rings. The van der Waals surface area contributed by atoms with Crippen molar-refractivity contribution >= 4 is 68.6 Å². The van der Waals surface area contributed by atoms with E-state index in [4.69, 9.17) is 0 Å². The first kappa shape index (κ1) is 65.9. The molecule has 0 N–H and O–H groups in total. The van der Waals surface area contributed by atoms with E-state index in [2.05, 4.69) is 348 Å². The molecule has 0 aromatic heterocycles. The van der Waals surface area contributed by atoms with Gasteiger partial charge in [-0.05, 0) is 227 Å². The second-order valence-electron chi connectivity index (χ2n) is 38.0. The lowest BCUT2D eigenvalue weighted by Gasteiger charge is -2.52. The van der Waals surface area contributed by atoms with Crippen LogP contribution in [0.1, 0.15) is 255 Å². The van der Waals surface area contributed by atoms with Crippen LogP contribution in [-0.2, 0) is 48.7 Å². The van der Waals surface area contributed by atoms with Crippen molar-refractivity contribution in [2.24, 2.45) is 0 Å². The Morgan fingerprint density at radius 2 is 0.762 bits per heavy atom. The normalized spacial score (nSPS) is 21.6. The van der Waals surface area contributed by atoms with Crippen LogP contribution in [0.5, 0.6) is 0 Å². The van der Waals surface area contributed by atoms with Crippen LogP contribution < -0.4 is 31.1 Å². The van der Waals surface area contributed by atoms with Gasteiger partial charge in [0, 0.05) is 72.5 Å². The highest BCUT2D eigenvalue weighted by atomic mass is 15.3. The van der Waals surface area contributed by atoms with E-state index < -0.39 is 0 Å². The van der Waals surface area contributed by atoms with Crippen molar-refractivity contribution in [1.82, 2.24) is 0 Å². The fraction of sp³-hybridized carbons (Fsp3) is 0.381. The summed E-state index contributed by atoms with van der Waals surface area (Å²) in [5, 5.41) is 0. The summed E-state index contributed by atoms with van der Waals surface area (Å²) >= 11 is 0. The third kappa shape index (κ3) is 9.22. The predicted octanol–water partition coefficient (Wildman–Crippen LogP) is 24.0. The van der Waals surface area contributed by atoms with Crippen LogP contribution in [0, 0.1) is 6.92 Å². The number of aryl methyl sites for hydroxylation is 1. The number of benzene rings is 10. The summed E-state index contributed by atoms with van der Waals surface area (Å²) in [6.45, 7) is 51.8. The minimum atomic E-state index is -0.309. The molecule has 7 aliphatic rings. The van der Waals surface area contributed by atoms with E-state index in [0.29, 0.717) is 0 Å². The molecule has 1 saturated carbocycles. The van der Waals surface area contributed by atoms with Crippen LogP contribution in [0.25, 0.3) is 22.3 Å². The maximum Gasteiger partial charge on any atom is 0.252 e. The highest BCUT2D eigenvalue weighted by Crippen LogP contribution is 2.64. The Bertz CT molecular complexity index is 5150. The zero-order chi connectivity index (χ0) is 71.2. The van der Waals surface area contributed by atoms with Gasteiger partial charge in [-0.15, -0.1) is 0 Å². The summed E-state index contributed by atoms with van der Waals surface area (Å²) in [4.78, 5) is 8.56. The molecule has 0 amide bonds. The fourth-order valence-corrected chi connectivity index (χ4v) is 21.0. The highest BCUT2D eigenvalue weighted by Gasteiger charge is 2.59. The summed E-state index contributed by atoms with van der Waals surface area (Å²) < 4.78 is 0. The van der Waals surface area contributed by atoms with Gasteiger partial charge in [0.25, 0.3) is 6.71 Å². The summed E-state index contributed by atoms with van der Waals surface area (Å²) in [5.74, 6) is 0. The second-order valence-corrected chi connectivity index (χ2v) is 38.0. The van der Waals surface area contributed by atoms with Crippen molar-refractivity contribution in [2.45, 2.75) is 238 Å². The smallest absolute Gasteiger partial charge is 0.252 e. The van der Waals surface area contributed by atoms with Crippen molar-refractivity contribution in [3.8, 4) is 22.3 Å². The van der Waals surface area contributed by atoms with Crippen molar-refractivity contribution in [3.05, 3.63) is 266 Å².